The molecule has 2 aromatic rings. The van der Waals surface area contributed by atoms with Gasteiger partial charge >= 0.3 is 0 Å². The van der Waals surface area contributed by atoms with Gasteiger partial charge in [0.05, 0.1) is 40.0 Å². The topological polar surface area (TPSA) is 168 Å². The van der Waals surface area contributed by atoms with Gasteiger partial charge in [0, 0.05) is 5.56 Å². The molecule has 1 fully saturated rings. The number of phenolic OH excluding ortho intramolecular Hbond substituents is 1. The van der Waals surface area contributed by atoms with E-state index in [1.165, 1.54) is 20.3 Å². The van der Waals surface area contributed by atoms with Gasteiger partial charge in [0.15, 0.2) is 29.3 Å². The number of ether oxygens (including phenoxy) is 5. The highest BCUT2D eigenvalue weighted by Crippen LogP contribution is 2.51. The van der Waals surface area contributed by atoms with Gasteiger partial charge in [-0.25, -0.2) is 0 Å². The summed E-state index contributed by atoms with van der Waals surface area (Å²) in [5.74, 6) is 0.867. The van der Waals surface area contributed by atoms with Gasteiger partial charge in [-0.1, -0.05) is 18.2 Å². The SMILES string of the molecule is COc1cc([C@@H]2Oc3c(OC)cc(C=CCO[C@H]4O[C@@H](CO)[C@H](O)[C@H](O)[C@H]4O)cc3[C@H]2CO)ccc1O. The molecular weight excluding hydrogens is 488 g/mol. The fourth-order valence-electron chi connectivity index (χ4n) is 4.57. The number of fused-ring (bicyclic) bond motifs is 1. The average Bonchev–Trinajstić information content (AvgIpc) is 3.29. The minimum Gasteiger partial charge on any atom is -0.504 e. The highest BCUT2D eigenvalue weighted by atomic mass is 16.7. The van der Waals surface area contributed by atoms with Crippen LogP contribution in [-0.4, -0.2) is 95.4 Å². The first-order valence-electron chi connectivity index (χ1n) is 11.8. The molecule has 0 unspecified atom stereocenters. The van der Waals surface area contributed by atoms with E-state index in [2.05, 4.69) is 0 Å². The monoisotopic (exact) mass is 520 g/mol. The van der Waals surface area contributed by atoms with E-state index in [0.717, 1.165) is 16.7 Å². The van der Waals surface area contributed by atoms with Gasteiger partial charge in [-0.05, 0) is 35.4 Å². The number of phenols is 1. The lowest BCUT2D eigenvalue weighted by Gasteiger charge is -2.39. The van der Waals surface area contributed by atoms with E-state index in [1.54, 1.807) is 30.4 Å². The minimum absolute atomic E-state index is 0.00162. The summed E-state index contributed by atoms with van der Waals surface area (Å²) in [4.78, 5) is 0. The molecule has 2 aromatic carbocycles. The number of hydrogen-bond donors (Lipinski definition) is 6. The van der Waals surface area contributed by atoms with Crippen LogP contribution in [0.1, 0.15) is 28.7 Å². The highest BCUT2D eigenvalue weighted by molar-refractivity contribution is 5.62. The molecule has 0 aliphatic carbocycles. The second kappa shape index (κ2) is 11.7. The number of hydrogen-bond acceptors (Lipinski definition) is 11. The molecular formula is C26H32O11. The Morgan fingerprint density at radius 2 is 1.68 bits per heavy atom. The zero-order valence-corrected chi connectivity index (χ0v) is 20.4. The summed E-state index contributed by atoms with van der Waals surface area (Å²) >= 11 is 0. The molecule has 11 nitrogen and oxygen atoms in total. The van der Waals surface area contributed by atoms with Gasteiger partial charge in [-0.2, -0.15) is 0 Å². The normalized spacial score (nSPS) is 29.2. The number of aliphatic hydroxyl groups is 5. The summed E-state index contributed by atoms with van der Waals surface area (Å²) in [6, 6.07) is 8.51. The van der Waals surface area contributed by atoms with Crippen LogP contribution in [0.2, 0.25) is 0 Å². The van der Waals surface area contributed by atoms with Crippen LogP contribution >= 0.6 is 0 Å². The fourth-order valence-corrected chi connectivity index (χ4v) is 4.57. The smallest absolute Gasteiger partial charge is 0.187 e. The Kier molecular flexibility index (Phi) is 8.55. The largest absolute Gasteiger partial charge is 0.504 e. The molecule has 11 heteroatoms. The van der Waals surface area contributed by atoms with Crippen LogP contribution < -0.4 is 14.2 Å². The lowest BCUT2D eigenvalue weighted by Crippen LogP contribution is -2.59. The Morgan fingerprint density at radius 3 is 2.35 bits per heavy atom. The Labute approximate surface area is 213 Å². The van der Waals surface area contributed by atoms with E-state index in [4.69, 9.17) is 23.7 Å². The summed E-state index contributed by atoms with van der Waals surface area (Å²) in [6.07, 6.45) is -3.86. The molecule has 4 rings (SSSR count). The molecule has 0 bridgehead atoms. The fraction of sp³-hybridized carbons (Fsp3) is 0.462. The second-order valence-corrected chi connectivity index (χ2v) is 8.83. The van der Waals surface area contributed by atoms with E-state index < -0.39 is 49.3 Å². The Balaban J connectivity index is 1.50. The lowest BCUT2D eigenvalue weighted by molar-refractivity contribution is -0.298. The summed E-state index contributed by atoms with van der Waals surface area (Å²) in [5, 5.41) is 59.3. The van der Waals surface area contributed by atoms with Crippen molar-refractivity contribution in [1.29, 1.82) is 0 Å². The number of aromatic hydroxyl groups is 1. The van der Waals surface area contributed by atoms with Gasteiger partial charge < -0.3 is 54.3 Å². The third kappa shape index (κ3) is 5.39. The van der Waals surface area contributed by atoms with Crippen molar-refractivity contribution < 1.29 is 54.3 Å². The lowest BCUT2D eigenvalue weighted by atomic mass is 9.90. The number of rotatable bonds is 9. The molecule has 0 amide bonds. The average molecular weight is 521 g/mol. The first-order chi connectivity index (χ1) is 17.8. The molecule has 0 radical (unpaired) electrons. The van der Waals surface area contributed by atoms with E-state index >= 15 is 0 Å². The van der Waals surface area contributed by atoms with Crippen molar-refractivity contribution in [2.75, 3.05) is 34.0 Å². The van der Waals surface area contributed by atoms with E-state index in [0.29, 0.717) is 17.2 Å². The maximum Gasteiger partial charge on any atom is 0.187 e. The predicted octanol–water partition coefficient (Wildman–Crippen LogP) is 0.449. The second-order valence-electron chi connectivity index (χ2n) is 8.83. The molecule has 0 saturated carbocycles. The van der Waals surface area contributed by atoms with Gasteiger partial charge in [0.2, 0.25) is 0 Å². The van der Waals surface area contributed by atoms with Gasteiger partial charge in [-0.15, -0.1) is 0 Å². The molecule has 2 aliphatic heterocycles. The quantitative estimate of drug-likeness (QED) is 0.272. The summed E-state index contributed by atoms with van der Waals surface area (Å²) in [7, 11) is 2.97. The highest BCUT2D eigenvalue weighted by Gasteiger charge is 2.44. The maximum absolute atomic E-state index is 10.2. The van der Waals surface area contributed by atoms with Crippen molar-refractivity contribution in [3.8, 4) is 23.0 Å². The molecule has 202 valence electrons. The third-order valence-corrected chi connectivity index (χ3v) is 6.58. The van der Waals surface area contributed by atoms with Crippen molar-refractivity contribution in [2.45, 2.75) is 42.7 Å². The van der Waals surface area contributed by atoms with Crippen LogP contribution in [0.5, 0.6) is 23.0 Å². The van der Waals surface area contributed by atoms with Gasteiger partial charge in [-0.3, -0.25) is 0 Å². The number of benzene rings is 2. The molecule has 0 spiro atoms. The first kappa shape index (κ1) is 27.1. The van der Waals surface area contributed by atoms with Crippen molar-refractivity contribution in [3.05, 3.63) is 53.1 Å². The predicted molar refractivity (Wildman–Crippen MR) is 130 cm³/mol. The Bertz CT molecular complexity index is 1100. The van der Waals surface area contributed by atoms with Crippen LogP contribution in [0.15, 0.2) is 36.4 Å². The molecule has 2 heterocycles. The van der Waals surface area contributed by atoms with E-state index in [-0.39, 0.29) is 19.0 Å². The van der Waals surface area contributed by atoms with Gasteiger partial charge in [0.1, 0.15) is 30.5 Å². The van der Waals surface area contributed by atoms with E-state index in [1.807, 2.05) is 6.07 Å². The zero-order valence-electron chi connectivity index (χ0n) is 20.4. The minimum atomic E-state index is -1.52. The Hall–Kier alpha value is -2.90. The zero-order chi connectivity index (χ0) is 26.7. The van der Waals surface area contributed by atoms with Crippen LogP contribution in [-0.2, 0) is 9.47 Å². The number of aliphatic hydroxyl groups excluding tert-OH is 5. The van der Waals surface area contributed by atoms with Crippen LogP contribution in [0, 0.1) is 0 Å². The van der Waals surface area contributed by atoms with Crippen LogP contribution in [0.4, 0.5) is 0 Å². The molecule has 7 atom stereocenters. The van der Waals surface area contributed by atoms with Crippen LogP contribution in [0.3, 0.4) is 0 Å². The molecule has 37 heavy (non-hydrogen) atoms. The third-order valence-electron chi connectivity index (χ3n) is 6.58. The van der Waals surface area contributed by atoms with E-state index in [9.17, 15) is 30.6 Å². The maximum atomic E-state index is 10.2. The summed E-state index contributed by atoms with van der Waals surface area (Å²) in [6.45, 7) is -0.739. The van der Waals surface area contributed by atoms with Crippen molar-refractivity contribution >= 4 is 6.08 Å². The van der Waals surface area contributed by atoms with Crippen molar-refractivity contribution in [3.63, 3.8) is 0 Å². The standard InChI is InChI=1S/C26H32O11/c1-33-18-10-14(5-6-17(18)29)24-16(11-27)15-8-13(9-19(34-2)25(15)37-24)4-3-7-35-26-23(32)22(31)21(30)20(12-28)36-26/h3-6,8-10,16,20-24,26-32H,7,11-12H2,1-2H3/t16-,20+,21+,22+,23-,24+,26+/m1/s1. The molecule has 6 N–H and O–H groups in total. The van der Waals surface area contributed by atoms with Crippen molar-refractivity contribution in [1.82, 2.24) is 0 Å². The van der Waals surface area contributed by atoms with Crippen molar-refractivity contribution in [2.24, 2.45) is 0 Å². The van der Waals surface area contributed by atoms with Gasteiger partial charge in [0.25, 0.3) is 0 Å². The van der Waals surface area contributed by atoms with Crippen LogP contribution in [0.25, 0.3) is 6.08 Å². The number of methoxy groups -OCH3 is 2. The molecule has 2 aliphatic rings. The summed E-state index contributed by atoms with van der Waals surface area (Å²) in [5.41, 5.74) is 2.20. The molecule has 1 saturated heterocycles. The first-order valence-corrected chi connectivity index (χ1v) is 11.8. The Morgan fingerprint density at radius 1 is 0.919 bits per heavy atom. The summed E-state index contributed by atoms with van der Waals surface area (Å²) < 4.78 is 27.8. The molecule has 0 aromatic heterocycles.